The lowest BCUT2D eigenvalue weighted by atomic mass is 10.1. The van der Waals surface area contributed by atoms with Crippen molar-refractivity contribution in [3.63, 3.8) is 0 Å². The molecule has 0 spiro atoms. The van der Waals surface area contributed by atoms with Crippen LogP contribution in [-0.2, 0) is 13.5 Å². The van der Waals surface area contributed by atoms with Crippen LogP contribution in [0.15, 0.2) is 24.5 Å². The molecule has 0 saturated carbocycles. The van der Waals surface area contributed by atoms with Crippen molar-refractivity contribution in [2.45, 2.75) is 19.3 Å². The molecule has 0 amide bonds. The Morgan fingerprint density at radius 3 is 3.07 bits per heavy atom. The summed E-state index contributed by atoms with van der Waals surface area (Å²) in [6.07, 6.45) is 7.36. The van der Waals surface area contributed by atoms with Crippen LogP contribution in [0.3, 0.4) is 0 Å². The third-order valence-electron chi connectivity index (χ3n) is 2.72. The second-order valence-corrected chi connectivity index (χ2v) is 3.89. The van der Waals surface area contributed by atoms with E-state index in [-0.39, 0.29) is 0 Å². The molecule has 0 fully saturated rings. The molecular weight excluding hydrogens is 186 g/mol. The Labute approximate surface area is 89.9 Å². The Morgan fingerprint density at radius 2 is 2.27 bits per heavy atom. The Morgan fingerprint density at radius 1 is 1.40 bits per heavy atom. The molecule has 2 aromatic heterocycles. The van der Waals surface area contributed by atoms with Crippen LogP contribution in [0.2, 0.25) is 0 Å². The van der Waals surface area contributed by atoms with Gasteiger partial charge in [0.25, 0.3) is 0 Å². The largest absolute Gasteiger partial charge is 0.335 e. The summed E-state index contributed by atoms with van der Waals surface area (Å²) in [7, 11) is 2.04. The quantitative estimate of drug-likeness (QED) is 0.771. The third-order valence-corrected chi connectivity index (χ3v) is 2.72. The normalized spacial score (nSPS) is 11.1. The van der Waals surface area contributed by atoms with Gasteiger partial charge in [0.15, 0.2) is 0 Å². The highest BCUT2D eigenvalue weighted by molar-refractivity contribution is 5.80. The number of aromatic nitrogens is 2. The molecule has 2 rings (SSSR count). The van der Waals surface area contributed by atoms with Gasteiger partial charge >= 0.3 is 0 Å². The van der Waals surface area contributed by atoms with Crippen molar-refractivity contribution in [2.75, 3.05) is 6.54 Å². The van der Waals surface area contributed by atoms with Crippen molar-refractivity contribution in [3.05, 3.63) is 30.1 Å². The Kier molecular flexibility index (Phi) is 3.02. The van der Waals surface area contributed by atoms with Crippen LogP contribution in [0.4, 0.5) is 0 Å². The first-order valence-electron chi connectivity index (χ1n) is 5.42. The van der Waals surface area contributed by atoms with E-state index in [2.05, 4.69) is 21.8 Å². The molecule has 80 valence electrons. The van der Waals surface area contributed by atoms with E-state index in [4.69, 9.17) is 5.73 Å². The van der Waals surface area contributed by atoms with E-state index < -0.39 is 0 Å². The number of aryl methyl sites for hydroxylation is 2. The zero-order chi connectivity index (χ0) is 10.7. The highest BCUT2D eigenvalue weighted by Gasteiger charge is 2.05. The van der Waals surface area contributed by atoms with Crippen LogP contribution < -0.4 is 5.73 Å². The molecule has 2 aromatic rings. The Balaban J connectivity index is 2.27. The van der Waals surface area contributed by atoms with Gasteiger partial charge in [-0.15, -0.1) is 0 Å². The fourth-order valence-corrected chi connectivity index (χ4v) is 1.95. The summed E-state index contributed by atoms with van der Waals surface area (Å²) in [6.45, 7) is 0.781. The first-order valence-corrected chi connectivity index (χ1v) is 5.42. The zero-order valence-electron chi connectivity index (χ0n) is 9.11. The van der Waals surface area contributed by atoms with E-state index in [1.807, 2.05) is 19.3 Å². The van der Waals surface area contributed by atoms with Gasteiger partial charge in [-0.3, -0.25) is 0 Å². The summed E-state index contributed by atoms with van der Waals surface area (Å²) in [4.78, 5) is 4.37. The second-order valence-electron chi connectivity index (χ2n) is 3.89. The Bertz CT molecular complexity index is 445. The molecule has 0 aromatic carbocycles. The fourth-order valence-electron chi connectivity index (χ4n) is 1.95. The summed E-state index contributed by atoms with van der Waals surface area (Å²) >= 11 is 0. The SMILES string of the molecule is Cn1cc(CCCCN)c2cccnc21. The minimum absolute atomic E-state index is 0.781. The maximum absolute atomic E-state index is 5.49. The number of nitrogens with zero attached hydrogens (tertiary/aromatic N) is 2. The lowest BCUT2D eigenvalue weighted by Gasteiger charge is -1.97. The van der Waals surface area contributed by atoms with E-state index in [0.717, 1.165) is 31.5 Å². The summed E-state index contributed by atoms with van der Waals surface area (Å²) in [5.74, 6) is 0. The van der Waals surface area contributed by atoms with Crippen molar-refractivity contribution in [1.82, 2.24) is 9.55 Å². The molecule has 0 aliphatic carbocycles. The minimum Gasteiger partial charge on any atom is -0.335 e. The van der Waals surface area contributed by atoms with Crippen LogP contribution in [0.1, 0.15) is 18.4 Å². The zero-order valence-corrected chi connectivity index (χ0v) is 9.11. The molecule has 3 nitrogen and oxygen atoms in total. The first-order chi connectivity index (χ1) is 7.33. The molecule has 2 N–H and O–H groups in total. The minimum atomic E-state index is 0.781. The second kappa shape index (κ2) is 4.45. The monoisotopic (exact) mass is 203 g/mol. The van der Waals surface area contributed by atoms with Crippen LogP contribution in [0.25, 0.3) is 11.0 Å². The van der Waals surface area contributed by atoms with Crippen molar-refractivity contribution in [2.24, 2.45) is 12.8 Å². The van der Waals surface area contributed by atoms with Gasteiger partial charge in [-0.05, 0) is 43.5 Å². The van der Waals surface area contributed by atoms with E-state index in [1.165, 1.54) is 10.9 Å². The summed E-state index contributed by atoms with van der Waals surface area (Å²) < 4.78 is 2.09. The molecule has 0 saturated heterocycles. The number of hydrogen-bond acceptors (Lipinski definition) is 2. The van der Waals surface area contributed by atoms with Gasteiger partial charge in [-0.25, -0.2) is 4.98 Å². The average molecular weight is 203 g/mol. The van der Waals surface area contributed by atoms with Crippen molar-refractivity contribution < 1.29 is 0 Å². The number of nitrogens with two attached hydrogens (primary N) is 1. The van der Waals surface area contributed by atoms with Gasteiger partial charge in [0.05, 0.1) is 0 Å². The molecule has 0 aliphatic rings. The average Bonchev–Trinajstić information content (AvgIpc) is 2.58. The van der Waals surface area contributed by atoms with Crippen LogP contribution >= 0.6 is 0 Å². The molecule has 0 aliphatic heterocycles. The number of pyridine rings is 1. The summed E-state index contributed by atoms with van der Waals surface area (Å²) in [5, 5.41) is 1.28. The van der Waals surface area contributed by atoms with Crippen molar-refractivity contribution >= 4 is 11.0 Å². The maximum atomic E-state index is 5.49. The lowest BCUT2D eigenvalue weighted by molar-refractivity contribution is 0.745. The smallest absolute Gasteiger partial charge is 0.139 e. The summed E-state index contributed by atoms with van der Waals surface area (Å²) in [5.41, 5.74) is 7.95. The van der Waals surface area contributed by atoms with E-state index in [1.54, 1.807) is 0 Å². The molecule has 0 unspecified atom stereocenters. The highest BCUT2D eigenvalue weighted by atomic mass is 15.0. The van der Waals surface area contributed by atoms with Crippen molar-refractivity contribution in [3.8, 4) is 0 Å². The van der Waals surface area contributed by atoms with Gasteiger partial charge in [0.2, 0.25) is 0 Å². The van der Waals surface area contributed by atoms with Gasteiger partial charge in [0.1, 0.15) is 5.65 Å². The number of rotatable bonds is 4. The highest BCUT2D eigenvalue weighted by Crippen LogP contribution is 2.19. The van der Waals surface area contributed by atoms with Crippen LogP contribution in [-0.4, -0.2) is 16.1 Å². The van der Waals surface area contributed by atoms with Crippen molar-refractivity contribution in [1.29, 1.82) is 0 Å². The standard InChI is InChI=1S/C12H17N3/c1-15-9-10(5-2-3-7-13)11-6-4-8-14-12(11)15/h4,6,8-9H,2-3,5,7,13H2,1H3. The topological polar surface area (TPSA) is 43.8 Å². The third kappa shape index (κ3) is 2.02. The molecule has 0 bridgehead atoms. The Hall–Kier alpha value is -1.35. The number of hydrogen-bond donors (Lipinski definition) is 1. The molecule has 2 heterocycles. The van der Waals surface area contributed by atoms with Gasteiger partial charge in [-0.2, -0.15) is 0 Å². The van der Waals surface area contributed by atoms with Crippen LogP contribution in [0.5, 0.6) is 0 Å². The summed E-state index contributed by atoms with van der Waals surface area (Å²) in [6, 6.07) is 4.13. The predicted molar refractivity (Wildman–Crippen MR) is 62.7 cm³/mol. The predicted octanol–water partition coefficient (Wildman–Crippen LogP) is 1.85. The van der Waals surface area contributed by atoms with Gasteiger partial charge < -0.3 is 10.3 Å². The van der Waals surface area contributed by atoms with Gasteiger partial charge in [0, 0.05) is 24.8 Å². The maximum Gasteiger partial charge on any atom is 0.139 e. The lowest BCUT2D eigenvalue weighted by Crippen LogP contribution is -1.98. The van der Waals surface area contributed by atoms with E-state index in [0.29, 0.717) is 0 Å². The molecule has 15 heavy (non-hydrogen) atoms. The van der Waals surface area contributed by atoms with Crippen LogP contribution in [0, 0.1) is 0 Å². The van der Waals surface area contributed by atoms with Gasteiger partial charge in [-0.1, -0.05) is 0 Å². The first kappa shape index (κ1) is 10.2. The number of unbranched alkanes of at least 4 members (excludes halogenated alkanes) is 1. The fraction of sp³-hybridized carbons (Fsp3) is 0.417. The number of fused-ring (bicyclic) bond motifs is 1. The molecular formula is C12H17N3. The molecule has 0 radical (unpaired) electrons. The molecule has 0 atom stereocenters. The van der Waals surface area contributed by atoms with E-state index >= 15 is 0 Å². The van der Waals surface area contributed by atoms with E-state index in [9.17, 15) is 0 Å². The molecule has 3 heteroatoms.